The third kappa shape index (κ3) is 3.23. The minimum Gasteiger partial charge on any atom is -0.398 e. The molecule has 0 unspecified atom stereocenters. The zero-order valence-electron chi connectivity index (χ0n) is 14.8. The Bertz CT molecular complexity index is 1310. The van der Waals surface area contributed by atoms with E-state index >= 15 is 0 Å². The third-order valence-electron chi connectivity index (χ3n) is 4.52. The van der Waals surface area contributed by atoms with Crippen LogP contribution >= 0.6 is 0 Å². The number of benzene rings is 2. The van der Waals surface area contributed by atoms with Crippen LogP contribution in [0.3, 0.4) is 0 Å². The number of hydrogen-bond donors (Lipinski definition) is 1. The van der Waals surface area contributed by atoms with E-state index in [2.05, 4.69) is 4.98 Å². The summed E-state index contributed by atoms with van der Waals surface area (Å²) >= 11 is 0. The van der Waals surface area contributed by atoms with Crippen LogP contribution in [0.1, 0.15) is 5.56 Å². The number of rotatable bonds is 3. The molecule has 2 heterocycles. The first-order chi connectivity index (χ1) is 13.7. The predicted octanol–water partition coefficient (Wildman–Crippen LogP) is 4.54. The first kappa shape index (κ1) is 19.0. The number of pyridine rings is 1. The minimum atomic E-state index is -4.60. The van der Waals surface area contributed by atoms with Crippen LogP contribution < -0.4 is 5.73 Å². The maximum Gasteiger partial charge on any atom is 0.418 e. The molecule has 0 aliphatic heterocycles. The number of fused-ring (bicyclic) bond motifs is 1. The summed E-state index contributed by atoms with van der Waals surface area (Å²) in [6, 6.07) is 14.5. The van der Waals surface area contributed by atoms with Crippen molar-refractivity contribution in [2.75, 3.05) is 5.73 Å². The van der Waals surface area contributed by atoms with E-state index in [-0.39, 0.29) is 21.8 Å². The Labute approximate surface area is 164 Å². The zero-order valence-corrected chi connectivity index (χ0v) is 15.6. The van der Waals surface area contributed by atoms with Gasteiger partial charge in [-0.2, -0.15) is 13.2 Å². The van der Waals surface area contributed by atoms with Gasteiger partial charge in [0, 0.05) is 23.5 Å². The summed E-state index contributed by atoms with van der Waals surface area (Å²) in [5.74, 6) is 0. The molecule has 0 fully saturated rings. The van der Waals surface area contributed by atoms with Crippen molar-refractivity contribution in [3.05, 3.63) is 78.6 Å². The molecule has 0 bridgehead atoms. The van der Waals surface area contributed by atoms with E-state index in [0.29, 0.717) is 10.9 Å². The summed E-state index contributed by atoms with van der Waals surface area (Å²) in [4.78, 5) is 4.22. The summed E-state index contributed by atoms with van der Waals surface area (Å²) < 4.78 is 66.6. The average Bonchev–Trinajstić information content (AvgIpc) is 3.13. The molecule has 0 saturated heterocycles. The number of nitrogens with zero attached hydrogens (tertiary/aromatic N) is 2. The van der Waals surface area contributed by atoms with Gasteiger partial charge in [0.2, 0.25) is 0 Å². The fourth-order valence-corrected chi connectivity index (χ4v) is 4.46. The van der Waals surface area contributed by atoms with E-state index in [1.54, 1.807) is 18.2 Å². The lowest BCUT2D eigenvalue weighted by Gasteiger charge is -2.12. The van der Waals surface area contributed by atoms with Crippen LogP contribution in [0.4, 0.5) is 18.9 Å². The lowest BCUT2D eigenvalue weighted by molar-refractivity contribution is -0.136. The van der Waals surface area contributed by atoms with Gasteiger partial charge in [-0.1, -0.05) is 24.3 Å². The van der Waals surface area contributed by atoms with Crippen molar-refractivity contribution in [3.63, 3.8) is 0 Å². The molecule has 4 aromatic rings. The van der Waals surface area contributed by atoms with Crippen molar-refractivity contribution in [2.24, 2.45) is 0 Å². The second-order valence-corrected chi connectivity index (χ2v) is 8.14. The second-order valence-electron chi connectivity index (χ2n) is 6.33. The van der Waals surface area contributed by atoms with Crippen LogP contribution in [0.15, 0.2) is 78.0 Å². The molecule has 4 rings (SSSR count). The van der Waals surface area contributed by atoms with E-state index in [1.807, 2.05) is 0 Å². The smallest absolute Gasteiger partial charge is 0.398 e. The first-order valence-corrected chi connectivity index (χ1v) is 9.87. The summed E-state index contributed by atoms with van der Waals surface area (Å²) in [6.07, 6.45) is -1.90. The predicted molar refractivity (Wildman–Crippen MR) is 104 cm³/mol. The van der Waals surface area contributed by atoms with E-state index in [0.717, 1.165) is 10.0 Å². The van der Waals surface area contributed by atoms with Crippen LogP contribution in [0.2, 0.25) is 0 Å². The highest BCUT2D eigenvalue weighted by molar-refractivity contribution is 7.90. The molecule has 2 N–H and O–H groups in total. The second kappa shape index (κ2) is 6.63. The Morgan fingerprint density at radius 2 is 1.69 bits per heavy atom. The number of alkyl halides is 3. The van der Waals surface area contributed by atoms with E-state index in [1.165, 1.54) is 48.8 Å². The fourth-order valence-electron chi connectivity index (χ4n) is 3.14. The molecule has 0 radical (unpaired) electrons. The first-order valence-electron chi connectivity index (χ1n) is 8.43. The van der Waals surface area contributed by atoms with Gasteiger partial charge < -0.3 is 5.73 Å². The Morgan fingerprint density at radius 3 is 2.38 bits per heavy atom. The highest BCUT2D eigenvalue weighted by Crippen LogP contribution is 2.38. The molecule has 148 valence electrons. The third-order valence-corrected chi connectivity index (χ3v) is 6.20. The minimum absolute atomic E-state index is 0.0801. The van der Waals surface area contributed by atoms with Crippen LogP contribution in [-0.2, 0) is 16.2 Å². The zero-order chi connectivity index (χ0) is 20.8. The van der Waals surface area contributed by atoms with Crippen LogP contribution in [0.5, 0.6) is 0 Å². The van der Waals surface area contributed by atoms with Crippen LogP contribution in [-0.4, -0.2) is 17.4 Å². The average molecular weight is 417 g/mol. The largest absolute Gasteiger partial charge is 0.418 e. The number of nitrogen functional groups attached to an aromatic ring is 1. The van der Waals surface area contributed by atoms with Gasteiger partial charge in [0.25, 0.3) is 10.0 Å². The molecule has 5 nitrogen and oxygen atoms in total. The van der Waals surface area contributed by atoms with Gasteiger partial charge in [-0.05, 0) is 47.5 Å². The lowest BCUT2D eigenvalue weighted by Crippen LogP contribution is -2.12. The van der Waals surface area contributed by atoms with Crippen LogP contribution in [0.25, 0.3) is 22.2 Å². The SMILES string of the molecule is Nc1ccc(-c2ccnc3c2ccn3S(=O)(=O)c2ccccc2)cc1C(F)(F)F. The standard InChI is InChI=1S/C20H14F3N3O2S/c21-20(22,23)17-12-13(6-7-18(17)24)15-8-10-25-19-16(15)9-11-26(19)29(27,28)14-4-2-1-3-5-14/h1-12H,24H2. The molecule has 0 amide bonds. The molecule has 0 spiro atoms. The summed E-state index contributed by atoms with van der Waals surface area (Å²) in [6.45, 7) is 0. The quantitative estimate of drug-likeness (QED) is 0.497. The number of halogens is 3. The van der Waals surface area contributed by atoms with Gasteiger partial charge in [-0.3, -0.25) is 0 Å². The molecule has 29 heavy (non-hydrogen) atoms. The highest BCUT2D eigenvalue weighted by atomic mass is 32.2. The molecular formula is C20H14F3N3O2S. The van der Waals surface area contributed by atoms with Crippen molar-refractivity contribution >= 4 is 26.7 Å². The maximum atomic E-state index is 13.2. The van der Waals surface area contributed by atoms with Crippen molar-refractivity contribution in [1.29, 1.82) is 0 Å². The van der Waals surface area contributed by atoms with Gasteiger partial charge in [-0.25, -0.2) is 17.4 Å². The summed E-state index contributed by atoms with van der Waals surface area (Å²) in [5, 5.41) is 0.407. The van der Waals surface area contributed by atoms with Crippen molar-refractivity contribution in [1.82, 2.24) is 8.96 Å². The van der Waals surface area contributed by atoms with Gasteiger partial charge in [0.1, 0.15) is 0 Å². The van der Waals surface area contributed by atoms with Crippen molar-refractivity contribution in [2.45, 2.75) is 11.1 Å². The van der Waals surface area contributed by atoms with Crippen molar-refractivity contribution < 1.29 is 21.6 Å². The fraction of sp³-hybridized carbons (Fsp3) is 0.0500. The summed E-state index contributed by atoms with van der Waals surface area (Å²) in [7, 11) is -3.91. The van der Waals surface area contributed by atoms with Gasteiger partial charge in [-0.15, -0.1) is 0 Å². The lowest BCUT2D eigenvalue weighted by atomic mass is 10.0. The molecule has 0 aliphatic rings. The number of aromatic nitrogens is 2. The molecule has 9 heteroatoms. The normalized spacial score (nSPS) is 12.4. The molecule has 2 aromatic carbocycles. The topological polar surface area (TPSA) is 78.0 Å². The number of anilines is 1. The molecule has 0 saturated carbocycles. The Morgan fingerprint density at radius 1 is 0.966 bits per heavy atom. The van der Waals surface area contributed by atoms with Crippen molar-refractivity contribution in [3.8, 4) is 11.1 Å². The molecular weight excluding hydrogens is 403 g/mol. The molecule has 2 aromatic heterocycles. The van der Waals surface area contributed by atoms with Crippen LogP contribution in [0, 0.1) is 0 Å². The van der Waals surface area contributed by atoms with Gasteiger partial charge in [0.05, 0.1) is 10.5 Å². The maximum absolute atomic E-state index is 13.2. The molecule has 0 aliphatic carbocycles. The monoisotopic (exact) mass is 417 g/mol. The Hall–Kier alpha value is -3.33. The van der Waals surface area contributed by atoms with Gasteiger partial charge in [0.15, 0.2) is 5.65 Å². The summed E-state index contributed by atoms with van der Waals surface area (Å²) in [5.41, 5.74) is 4.95. The Balaban J connectivity index is 1.91. The highest BCUT2D eigenvalue weighted by Gasteiger charge is 2.33. The van der Waals surface area contributed by atoms with E-state index in [4.69, 9.17) is 5.73 Å². The Kier molecular flexibility index (Phi) is 4.34. The van der Waals surface area contributed by atoms with E-state index in [9.17, 15) is 21.6 Å². The molecule has 0 atom stereocenters. The van der Waals surface area contributed by atoms with Gasteiger partial charge >= 0.3 is 6.18 Å². The number of hydrogen-bond acceptors (Lipinski definition) is 4. The number of nitrogens with two attached hydrogens (primary N) is 1. The van der Waals surface area contributed by atoms with E-state index < -0.39 is 21.8 Å².